The van der Waals surface area contributed by atoms with Crippen LogP contribution >= 0.6 is 23.2 Å². The van der Waals surface area contributed by atoms with Crippen molar-refractivity contribution >= 4 is 50.7 Å². The number of amides is 2. The Kier molecular flexibility index (Phi) is 11.9. The fourth-order valence-corrected chi connectivity index (χ4v) is 6.95. The van der Waals surface area contributed by atoms with E-state index in [2.05, 4.69) is 5.32 Å². The van der Waals surface area contributed by atoms with Gasteiger partial charge in [0.2, 0.25) is 11.8 Å². The summed E-state index contributed by atoms with van der Waals surface area (Å²) in [6.07, 6.45) is 0.206. The van der Waals surface area contributed by atoms with Gasteiger partial charge in [0.25, 0.3) is 10.0 Å². The molecule has 0 bridgehead atoms. The minimum atomic E-state index is -4.19. The van der Waals surface area contributed by atoms with E-state index in [0.29, 0.717) is 27.8 Å². The zero-order valence-corrected chi connectivity index (χ0v) is 28.7. The van der Waals surface area contributed by atoms with Gasteiger partial charge < -0.3 is 10.2 Å². The number of hydrogen-bond acceptors (Lipinski definition) is 4. The normalized spacial score (nSPS) is 12.1. The smallest absolute Gasteiger partial charge is 0.264 e. The maximum Gasteiger partial charge on any atom is 0.264 e. The fraction of sp³-hybridized carbons (Fsp3) is 0.278. The second-order valence-electron chi connectivity index (χ2n) is 11.4. The molecule has 0 heterocycles. The molecular formula is C36H39Cl2N3O4S. The van der Waals surface area contributed by atoms with Gasteiger partial charge in [-0.25, -0.2) is 8.42 Å². The summed E-state index contributed by atoms with van der Waals surface area (Å²) < 4.78 is 29.5. The average Bonchev–Trinajstić information content (AvgIpc) is 3.03. The average molecular weight is 681 g/mol. The third kappa shape index (κ3) is 8.69. The summed E-state index contributed by atoms with van der Waals surface area (Å²) in [4.78, 5) is 29.6. The molecule has 10 heteroatoms. The fourth-order valence-electron chi connectivity index (χ4n) is 5.07. The molecule has 0 radical (unpaired) electrons. The third-order valence-electron chi connectivity index (χ3n) is 7.71. The highest BCUT2D eigenvalue weighted by molar-refractivity contribution is 7.92. The summed E-state index contributed by atoms with van der Waals surface area (Å²) in [6, 6.07) is 27.0. The summed E-state index contributed by atoms with van der Waals surface area (Å²) in [7, 11) is -4.19. The van der Waals surface area contributed by atoms with Gasteiger partial charge in [-0.2, -0.15) is 0 Å². The quantitative estimate of drug-likeness (QED) is 0.160. The molecule has 4 aromatic carbocycles. The van der Waals surface area contributed by atoms with Gasteiger partial charge >= 0.3 is 0 Å². The van der Waals surface area contributed by atoms with Crippen LogP contribution in [-0.4, -0.2) is 44.3 Å². The van der Waals surface area contributed by atoms with Crippen molar-refractivity contribution in [2.45, 2.75) is 57.5 Å². The molecule has 7 nitrogen and oxygen atoms in total. The van der Waals surface area contributed by atoms with Gasteiger partial charge in [0.15, 0.2) is 0 Å². The highest BCUT2D eigenvalue weighted by Gasteiger charge is 2.34. The first-order valence-corrected chi connectivity index (χ1v) is 17.3. The number of halogens is 2. The van der Waals surface area contributed by atoms with E-state index in [4.69, 9.17) is 23.2 Å². The molecule has 0 aliphatic heterocycles. The first kappa shape index (κ1) is 35.0. The van der Waals surface area contributed by atoms with Crippen LogP contribution in [0.4, 0.5) is 5.69 Å². The van der Waals surface area contributed by atoms with Crippen LogP contribution in [0, 0.1) is 6.92 Å². The van der Waals surface area contributed by atoms with Gasteiger partial charge in [-0.05, 0) is 72.9 Å². The Morgan fingerprint density at radius 3 is 2.11 bits per heavy atom. The summed E-state index contributed by atoms with van der Waals surface area (Å²) in [5, 5.41) is 3.61. The lowest BCUT2D eigenvalue weighted by atomic mass is 10.0. The van der Waals surface area contributed by atoms with E-state index < -0.39 is 28.5 Å². The van der Waals surface area contributed by atoms with Crippen molar-refractivity contribution in [3.8, 4) is 0 Å². The molecule has 0 spiro atoms. The number of benzene rings is 4. The van der Waals surface area contributed by atoms with Crippen LogP contribution in [-0.2, 0) is 32.6 Å². The monoisotopic (exact) mass is 679 g/mol. The molecular weight excluding hydrogens is 641 g/mol. The van der Waals surface area contributed by atoms with E-state index in [9.17, 15) is 18.0 Å². The number of nitrogens with one attached hydrogen (secondary N) is 1. The van der Waals surface area contributed by atoms with Crippen molar-refractivity contribution in [2.24, 2.45) is 0 Å². The highest BCUT2D eigenvalue weighted by atomic mass is 35.5. The molecule has 4 aromatic rings. The van der Waals surface area contributed by atoms with Crippen LogP contribution < -0.4 is 9.62 Å². The Morgan fingerprint density at radius 2 is 1.52 bits per heavy atom. The molecule has 0 saturated heterocycles. The zero-order valence-electron chi connectivity index (χ0n) is 26.4. The number of likely N-dealkylation sites (N-methyl/N-ethyl adjacent to an activating group) is 1. The predicted molar refractivity (Wildman–Crippen MR) is 186 cm³/mol. The van der Waals surface area contributed by atoms with Crippen LogP contribution in [0.2, 0.25) is 10.0 Å². The number of nitrogens with zero attached hydrogens (tertiary/aromatic N) is 2. The van der Waals surface area contributed by atoms with Gasteiger partial charge in [0.1, 0.15) is 12.6 Å². The molecule has 0 aromatic heterocycles. The van der Waals surface area contributed by atoms with E-state index in [1.54, 1.807) is 49.4 Å². The van der Waals surface area contributed by atoms with E-state index in [-0.39, 0.29) is 29.7 Å². The second kappa shape index (κ2) is 15.6. The van der Waals surface area contributed by atoms with Crippen LogP contribution in [0.3, 0.4) is 0 Å². The summed E-state index contributed by atoms with van der Waals surface area (Å²) in [6.45, 7) is 7.53. The molecule has 0 fully saturated rings. The number of hydrogen-bond donors (Lipinski definition) is 1. The van der Waals surface area contributed by atoms with Crippen LogP contribution in [0.5, 0.6) is 0 Å². The number of rotatable bonds is 13. The van der Waals surface area contributed by atoms with Crippen LogP contribution in [0.25, 0.3) is 0 Å². The molecule has 0 aliphatic rings. The minimum absolute atomic E-state index is 0.0474. The van der Waals surface area contributed by atoms with Crippen molar-refractivity contribution in [2.75, 3.05) is 17.4 Å². The third-order valence-corrected chi connectivity index (χ3v) is 10.1. The van der Waals surface area contributed by atoms with Crippen molar-refractivity contribution < 1.29 is 18.0 Å². The van der Waals surface area contributed by atoms with Crippen molar-refractivity contribution in [3.05, 3.63) is 129 Å². The Balaban J connectivity index is 1.82. The summed E-state index contributed by atoms with van der Waals surface area (Å²) in [5.74, 6) is -0.700. The highest BCUT2D eigenvalue weighted by Crippen LogP contribution is 2.28. The Labute approximate surface area is 282 Å². The largest absolute Gasteiger partial charge is 0.355 e. The lowest BCUT2D eigenvalue weighted by Gasteiger charge is -2.34. The molecule has 2 amide bonds. The maximum absolute atomic E-state index is 14.5. The first-order valence-electron chi connectivity index (χ1n) is 15.1. The number of carbonyl (C=O) groups excluding carboxylic acids is 2. The topological polar surface area (TPSA) is 86.8 Å². The van der Waals surface area contributed by atoms with Crippen LogP contribution in [0.15, 0.2) is 102 Å². The molecule has 4 rings (SSSR count). The standard InChI is InChI=1S/C36H39Cl2N3O4S/c1-5-39-36(43)34(21-27-9-7-6-8-10-27)40(23-29-13-16-30(37)22-33(29)38)35(42)24-41(31-17-14-28(15-18-31)25(2)3)46(44,45)32-19-11-26(4)12-20-32/h6-20,22,25,34H,5,21,23-24H2,1-4H3,(H,39,43)/t34-/m1/s1. The summed E-state index contributed by atoms with van der Waals surface area (Å²) >= 11 is 12.7. The predicted octanol–water partition coefficient (Wildman–Crippen LogP) is 7.40. The lowest BCUT2D eigenvalue weighted by Crippen LogP contribution is -2.53. The van der Waals surface area contributed by atoms with E-state index in [1.807, 2.05) is 63.2 Å². The van der Waals surface area contributed by atoms with E-state index in [0.717, 1.165) is 21.0 Å². The van der Waals surface area contributed by atoms with Crippen molar-refractivity contribution in [3.63, 3.8) is 0 Å². The van der Waals surface area contributed by atoms with Crippen molar-refractivity contribution in [1.82, 2.24) is 10.2 Å². The van der Waals surface area contributed by atoms with Gasteiger partial charge in [0, 0.05) is 29.6 Å². The summed E-state index contributed by atoms with van der Waals surface area (Å²) in [5.41, 5.74) is 3.67. The molecule has 0 saturated carbocycles. The Bertz CT molecular complexity index is 1750. The molecule has 0 aliphatic carbocycles. The number of sulfonamides is 1. The number of carbonyl (C=O) groups is 2. The maximum atomic E-state index is 14.5. The van der Waals surface area contributed by atoms with E-state index >= 15 is 0 Å². The lowest BCUT2D eigenvalue weighted by molar-refractivity contribution is -0.140. The Morgan fingerprint density at radius 1 is 0.870 bits per heavy atom. The molecule has 242 valence electrons. The second-order valence-corrected chi connectivity index (χ2v) is 14.1. The first-order chi connectivity index (χ1) is 21.9. The molecule has 1 atom stereocenters. The number of anilines is 1. The van der Waals surface area contributed by atoms with Gasteiger partial charge in [-0.1, -0.05) is 103 Å². The molecule has 1 N–H and O–H groups in total. The van der Waals surface area contributed by atoms with Gasteiger partial charge in [0.05, 0.1) is 10.6 Å². The Hall–Kier alpha value is -3.85. The van der Waals surface area contributed by atoms with Gasteiger partial charge in [-0.15, -0.1) is 0 Å². The van der Waals surface area contributed by atoms with Crippen molar-refractivity contribution in [1.29, 1.82) is 0 Å². The number of aryl methyl sites for hydroxylation is 1. The SMILES string of the molecule is CCNC(=O)[C@@H](Cc1ccccc1)N(Cc1ccc(Cl)cc1Cl)C(=O)CN(c1ccc(C(C)C)cc1)S(=O)(=O)c1ccc(C)cc1. The molecule has 46 heavy (non-hydrogen) atoms. The minimum Gasteiger partial charge on any atom is -0.355 e. The molecule has 0 unspecified atom stereocenters. The van der Waals surface area contributed by atoms with Gasteiger partial charge in [-0.3, -0.25) is 13.9 Å². The van der Waals surface area contributed by atoms with E-state index in [1.165, 1.54) is 17.0 Å². The van der Waals surface area contributed by atoms with Crippen LogP contribution in [0.1, 0.15) is 48.9 Å². The zero-order chi connectivity index (χ0) is 33.4.